The zero-order chi connectivity index (χ0) is 68.5. The lowest BCUT2D eigenvalue weighted by Gasteiger charge is -2.51. The molecule has 10 aromatic carbocycles. The lowest BCUT2D eigenvalue weighted by molar-refractivity contribution is 0.195. The van der Waals surface area contributed by atoms with Gasteiger partial charge >= 0.3 is 0 Å². The summed E-state index contributed by atoms with van der Waals surface area (Å²) in [5.74, 6) is 0. The minimum atomic E-state index is -2.90. The molecule has 0 N–H and O–H groups in total. The molecule has 6 heteroatoms. The Bertz CT molecular complexity index is 4680. The summed E-state index contributed by atoms with van der Waals surface area (Å²) in [5.41, 5.74) is 24.3. The van der Waals surface area contributed by atoms with Gasteiger partial charge in [0, 0.05) is 67.7 Å². The lowest BCUT2D eigenvalue weighted by atomic mass is 9.33. The fourth-order valence-corrected chi connectivity index (χ4v) is 24.3. The van der Waals surface area contributed by atoms with Crippen molar-refractivity contribution in [1.29, 1.82) is 0 Å². The maximum absolute atomic E-state index is 2.90. The maximum atomic E-state index is 2.89. The third kappa shape index (κ3) is 9.48. The molecule has 2 fully saturated rings. The molecule has 2 saturated carbocycles. The van der Waals surface area contributed by atoms with E-state index in [0.717, 1.165) is 19.3 Å². The Morgan fingerprint density at radius 1 is 0.306 bits per heavy atom. The van der Waals surface area contributed by atoms with E-state index < -0.39 is 8.07 Å². The number of fused-ring (bicyclic) bond motifs is 10. The zero-order valence-electron chi connectivity index (χ0n) is 61.4. The fraction of sp³-hybridized carbons (Fsp3) is 0.348. The number of hydrogen-bond donors (Lipinski definition) is 0. The van der Waals surface area contributed by atoms with Crippen molar-refractivity contribution in [3.8, 4) is 0 Å². The number of benzene rings is 10. The molecule has 0 aromatic heterocycles. The third-order valence-corrected chi connectivity index (χ3v) is 30.3. The van der Waals surface area contributed by atoms with Crippen LogP contribution < -0.4 is 56.7 Å². The van der Waals surface area contributed by atoms with Gasteiger partial charge in [-0.15, -0.1) is 0 Å². The van der Waals surface area contributed by atoms with Gasteiger partial charge in [0.25, 0.3) is 6.71 Å². The Balaban J connectivity index is 1.00. The normalized spacial score (nSPS) is 21.8. The molecule has 4 nitrogen and oxygen atoms in total. The monoisotopic (exact) mass is 1300 g/mol. The second-order valence-electron chi connectivity index (χ2n) is 35.2. The zero-order valence-corrected chi connectivity index (χ0v) is 62.4. The SMILES string of the molecule is CC(C)(C)c1ccc(N2c3cc(N4c5ccc(C(C)(C)C)cc5C5(C)CCCCC45C)ccc3B3c4ccc(C(C)(C)C)cc4N(c4cccc(C(C)(C)C)c4)c4cc(N5c6ccc([Si](c7ccccc7)(c7ccccc7)c7ccccc7)cc6C6(C)CCCCC56C)cc2c43)cc1. The summed E-state index contributed by atoms with van der Waals surface area (Å²) in [4.78, 5) is 11.2. The molecule has 6 aliphatic rings. The Hall–Kier alpha value is -8.32. The van der Waals surface area contributed by atoms with Gasteiger partial charge in [0.15, 0.2) is 8.07 Å². The fourth-order valence-electron chi connectivity index (χ4n) is 19.5. The van der Waals surface area contributed by atoms with Crippen LogP contribution in [0.5, 0.6) is 0 Å². The summed E-state index contributed by atoms with van der Waals surface area (Å²) in [7, 11) is -2.90. The Kier molecular flexibility index (Phi) is 14.7. The van der Waals surface area contributed by atoms with E-state index in [-0.39, 0.29) is 50.3 Å². The van der Waals surface area contributed by atoms with Crippen molar-refractivity contribution in [2.45, 2.75) is 206 Å². The van der Waals surface area contributed by atoms with Crippen LogP contribution in [0.4, 0.5) is 56.9 Å². The second-order valence-corrected chi connectivity index (χ2v) is 39.0. The molecule has 496 valence electrons. The van der Waals surface area contributed by atoms with E-state index in [1.165, 1.54) is 159 Å². The van der Waals surface area contributed by atoms with Gasteiger partial charge in [-0.3, -0.25) is 0 Å². The summed E-state index contributed by atoms with van der Waals surface area (Å²) < 4.78 is 0. The van der Waals surface area contributed by atoms with Gasteiger partial charge in [-0.2, -0.15) is 0 Å². The van der Waals surface area contributed by atoms with Crippen LogP contribution in [0.15, 0.2) is 224 Å². The van der Waals surface area contributed by atoms with Crippen LogP contribution in [0.25, 0.3) is 0 Å². The topological polar surface area (TPSA) is 13.0 Å². The van der Waals surface area contributed by atoms with Crippen LogP contribution in [0.3, 0.4) is 0 Å². The van der Waals surface area contributed by atoms with Crippen LogP contribution >= 0.6 is 0 Å². The van der Waals surface area contributed by atoms with E-state index in [9.17, 15) is 0 Å². The Morgan fingerprint density at radius 3 is 1.24 bits per heavy atom. The van der Waals surface area contributed by atoms with Crippen molar-refractivity contribution in [2.75, 3.05) is 19.6 Å². The van der Waals surface area contributed by atoms with Crippen molar-refractivity contribution in [3.63, 3.8) is 0 Å². The molecule has 0 bridgehead atoms. The molecule has 16 rings (SSSR count). The van der Waals surface area contributed by atoms with E-state index in [2.05, 4.69) is 355 Å². The van der Waals surface area contributed by atoms with Crippen LogP contribution in [0.2, 0.25) is 0 Å². The van der Waals surface area contributed by atoms with E-state index in [0.29, 0.717) is 0 Å². The molecule has 98 heavy (non-hydrogen) atoms. The minimum absolute atomic E-state index is 0.0255. The van der Waals surface area contributed by atoms with Gasteiger partial charge in [-0.25, -0.2) is 0 Å². The molecule has 2 aliphatic carbocycles. The Morgan fingerprint density at radius 2 is 0.714 bits per heavy atom. The summed E-state index contributed by atoms with van der Waals surface area (Å²) in [5, 5.41) is 5.65. The van der Waals surface area contributed by atoms with E-state index in [1.54, 1.807) is 0 Å². The quantitative estimate of drug-likeness (QED) is 0.111. The molecule has 0 amide bonds. The molecule has 10 aromatic rings. The summed E-state index contributed by atoms with van der Waals surface area (Å²) in [6, 6.07) is 90.0. The number of hydrogen-bond acceptors (Lipinski definition) is 4. The van der Waals surface area contributed by atoms with Gasteiger partial charge in [-0.1, -0.05) is 280 Å². The highest BCUT2D eigenvalue weighted by Crippen LogP contribution is 2.64. The highest BCUT2D eigenvalue weighted by molar-refractivity contribution is 7.20. The van der Waals surface area contributed by atoms with Gasteiger partial charge < -0.3 is 19.6 Å². The predicted octanol–water partition coefficient (Wildman–Crippen LogP) is 19.8. The van der Waals surface area contributed by atoms with Crippen molar-refractivity contribution in [1.82, 2.24) is 0 Å². The van der Waals surface area contributed by atoms with E-state index in [1.807, 2.05) is 0 Å². The van der Waals surface area contributed by atoms with Gasteiger partial charge in [0.1, 0.15) is 0 Å². The predicted molar refractivity (Wildman–Crippen MR) is 424 cm³/mol. The minimum Gasteiger partial charge on any atom is -0.334 e. The average Bonchev–Trinajstić information content (AvgIpc) is 1.68. The standard InChI is InChI=1S/C92H101BN4Si/c1-85(2,3)62-39-43-66(44-40-62)94-81-58-68(96-78-49-42-64(87(7,8)9)56-74(78)89(13)51-26-28-53-91(89,96)15)45-48-77(81)93-76-47-41-65(88(10,11)12)57-80(76)95(67-32-30-31-63(55-67)86(4,5)6)83-60-69(59-82(94)84(83)93)97-79-50-46-73(61-75(79)90(14)52-27-29-54-92(90,97)16)98(70-33-20-17-21-34-70,71-35-22-18-23-36-71)72-37-24-19-25-38-72/h17-25,30-50,55-61H,26-29,51-54H2,1-16H3. The largest absolute Gasteiger partial charge is 0.334 e. The van der Waals surface area contributed by atoms with Crippen molar-refractivity contribution in [2.24, 2.45) is 0 Å². The summed E-state index contributed by atoms with van der Waals surface area (Å²) >= 11 is 0. The van der Waals surface area contributed by atoms with Crippen LogP contribution in [-0.2, 0) is 32.5 Å². The third-order valence-electron chi connectivity index (χ3n) is 25.5. The first-order chi connectivity index (χ1) is 46.6. The average molecular weight is 1300 g/mol. The molecule has 0 saturated heterocycles. The molecule has 4 aliphatic heterocycles. The van der Waals surface area contributed by atoms with E-state index >= 15 is 0 Å². The molecule has 4 unspecified atom stereocenters. The number of anilines is 10. The van der Waals surface area contributed by atoms with E-state index in [4.69, 9.17) is 0 Å². The highest BCUT2D eigenvalue weighted by atomic mass is 28.3. The van der Waals surface area contributed by atoms with Gasteiger partial charge in [0.05, 0.1) is 11.1 Å². The molecule has 0 radical (unpaired) electrons. The van der Waals surface area contributed by atoms with Crippen LogP contribution in [-0.4, -0.2) is 25.9 Å². The smallest absolute Gasteiger partial charge is 0.252 e. The van der Waals surface area contributed by atoms with Crippen molar-refractivity contribution < 1.29 is 0 Å². The maximum Gasteiger partial charge on any atom is 0.252 e. The first-order valence-corrected chi connectivity index (χ1v) is 38.9. The lowest BCUT2D eigenvalue weighted by Crippen LogP contribution is -2.74. The molecule has 4 heterocycles. The number of nitrogens with zero attached hydrogens (tertiary/aromatic N) is 4. The first-order valence-electron chi connectivity index (χ1n) is 36.9. The highest BCUT2D eigenvalue weighted by Gasteiger charge is 2.61. The number of rotatable bonds is 8. The molecular weight excluding hydrogens is 1200 g/mol. The van der Waals surface area contributed by atoms with Crippen LogP contribution in [0.1, 0.15) is 196 Å². The summed E-state index contributed by atoms with van der Waals surface area (Å²) in [6.07, 6.45) is 9.33. The van der Waals surface area contributed by atoms with Gasteiger partial charge in [-0.05, 0) is 198 Å². The van der Waals surface area contributed by atoms with Crippen LogP contribution in [0, 0.1) is 0 Å². The Labute approximate surface area is 588 Å². The van der Waals surface area contributed by atoms with Crippen molar-refractivity contribution >= 4 is 109 Å². The van der Waals surface area contributed by atoms with Crippen molar-refractivity contribution in [3.05, 3.63) is 258 Å². The second kappa shape index (κ2) is 22.3. The molecule has 4 atom stereocenters. The molecular formula is C92H101BN4Si. The summed E-state index contributed by atoms with van der Waals surface area (Å²) in [6.45, 7) is 38.9. The van der Waals surface area contributed by atoms with Gasteiger partial charge in [0.2, 0.25) is 0 Å². The first kappa shape index (κ1) is 64.4. The molecule has 0 spiro atoms.